The van der Waals surface area contributed by atoms with Crippen molar-refractivity contribution in [2.24, 2.45) is 11.3 Å². The molecule has 1 N–H and O–H groups in total. The predicted octanol–water partition coefficient (Wildman–Crippen LogP) is 4.98. The first kappa shape index (κ1) is 24.5. The molecule has 3 aromatic rings. The van der Waals surface area contributed by atoms with E-state index in [1.54, 1.807) is 18.7 Å². The summed E-state index contributed by atoms with van der Waals surface area (Å²) in [6, 6.07) is 11.0. The van der Waals surface area contributed by atoms with Crippen LogP contribution in [0.2, 0.25) is 0 Å². The number of hydrogen-bond acceptors (Lipinski definition) is 4. The van der Waals surface area contributed by atoms with Crippen molar-refractivity contribution in [3.8, 4) is 0 Å². The van der Waals surface area contributed by atoms with Gasteiger partial charge in [0.1, 0.15) is 11.6 Å². The fourth-order valence-corrected chi connectivity index (χ4v) is 3.91. The van der Waals surface area contributed by atoms with Crippen molar-refractivity contribution in [2.75, 3.05) is 6.54 Å². The number of carbonyl (C=O) groups excluding carboxylic acids is 2. The van der Waals surface area contributed by atoms with E-state index in [4.69, 9.17) is 4.42 Å². The molecule has 0 aliphatic rings. The van der Waals surface area contributed by atoms with Crippen molar-refractivity contribution in [1.29, 1.82) is 0 Å². The molecular formula is C27H35N3O3. The molecule has 2 aromatic heterocycles. The van der Waals surface area contributed by atoms with Gasteiger partial charge in [0.05, 0.1) is 6.26 Å². The minimum absolute atomic E-state index is 0.0814. The summed E-state index contributed by atoms with van der Waals surface area (Å²) in [5, 5.41) is 4.02. The van der Waals surface area contributed by atoms with Crippen LogP contribution in [0, 0.1) is 11.3 Å². The van der Waals surface area contributed by atoms with Crippen LogP contribution in [0.5, 0.6) is 0 Å². The lowest BCUT2D eigenvalue weighted by atomic mass is 9.91. The molecule has 33 heavy (non-hydrogen) atoms. The molecule has 6 nitrogen and oxygen atoms in total. The van der Waals surface area contributed by atoms with E-state index in [9.17, 15) is 9.59 Å². The van der Waals surface area contributed by atoms with Gasteiger partial charge in [-0.15, -0.1) is 0 Å². The van der Waals surface area contributed by atoms with Crippen LogP contribution in [-0.4, -0.2) is 34.3 Å². The number of furan rings is 1. The Morgan fingerprint density at radius 2 is 1.91 bits per heavy atom. The Hall–Kier alpha value is -3.15. The number of carbonyl (C=O) groups is 2. The average molecular weight is 450 g/mol. The van der Waals surface area contributed by atoms with Gasteiger partial charge in [-0.3, -0.25) is 14.6 Å². The molecule has 0 radical (unpaired) electrons. The Labute approximate surface area is 196 Å². The van der Waals surface area contributed by atoms with E-state index in [2.05, 4.69) is 24.1 Å². The van der Waals surface area contributed by atoms with Crippen LogP contribution in [0.1, 0.15) is 52.2 Å². The standard InChI is InChI=1S/C27H35N3O3/c1-19(2)17-30(18-21-8-9-24-22(13-21)10-12-33-24)26(32)23(14-20-7-6-11-28-16-20)29-25(31)15-27(3,4)5/h6-13,16,19,23H,14-15,17-18H2,1-5H3,(H,29,31)/t23-/m0/s1. The maximum Gasteiger partial charge on any atom is 0.245 e. The zero-order chi connectivity index (χ0) is 24.0. The van der Waals surface area contributed by atoms with Crippen molar-refractivity contribution in [3.63, 3.8) is 0 Å². The molecule has 2 heterocycles. The third-order valence-electron chi connectivity index (χ3n) is 5.27. The van der Waals surface area contributed by atoms with Gasteiger partial charge in [-0.2, -0.15) is 0 Å². The van der Waals surface area contributed by atoms with Crippen LogP contribution in [-0.2, 0) is 22.6 Å². The van der Waals surface area contributed by atoms with E-state index in [0.29, 0.717) is 25.9 Å². The van der Waals surface area contributed by atoms with Crippen molar-refractivity contribution in [2.45, 2.75) is 60.0 Å². The number of pyridine rings is 1. The van der Waals surface area contributed by atoms with E-state index >= 15 is 0 Å². The monoisotopic (exact) mass is 449 g/mol. The van der Waals surface area contributed by atoms with E-state index in [1.807, 2.05) is 62.1 Å². The summed E-state index contributed by atoms with van der Waals surface area (Å²) >= 11 is 0. The van der Waals surface area contributed by atoms with Crippen molar-refractivity contribution >= 4 is 22.8 Å². The van der Waals surface area contributed by atoms with Crippen LogP contribution in [0.25, 0.3) is 11.0 Å². The van der Waals surface area contributed by atoms with Gasteiger partial charge in [0, 0.05) is 43.7 Å². The second kappa shape index (κ2) is 10.6. The Kier molecular flexibility index (Phi) is 7.90. The summed E-state index contributed by atoms with van der Waals surface area (Å²) in [6.07, 6.45) is 5.87. The lowest BCUT2D eigenvalue weighted by molar-refractivity contribution is -0.137. The lowest BCUT2D eigenvalue weighted by Crippen LogP contribution is -2.50. The number of amides is 2. The second-order valence-corrected chi connectivity index (χ2v) is 10.3. The third kappa shape index (κ3) is 7.45. The fraction of sp³-hybridized carbons (Fsp3) is 0.444. The summed E-state index contributed by atoms with van der Waals surface area (Å²) in [6.45, 7) is 11.3. The zero-order valence-electron chi connectivity index (χ0n) is 20.3. The molecule has 2 amide bonds. The summed E-state index contributed by atoms with van der Waals surface area (Å²) in [7, 11) is 0. The van der Waals surface area contributed by atoms with Crippen LogP contribution >= 0.6 is 0 Å². The van der Waals surface area contributed by atoms with Gasteiger partial charge in [0.15, 0.2) is 0 Å². The largest absolute Gasteiger partial charge is 0.464 e. The summed E-state index contributed by atoms with van der Waals surface area (Å²) < 4.78 is 5.44. The molecule has 0 fully saturated rings. The Morgan fingerprint density at radius 3 is 2.58 bits per heavy atom. The number of nitrogens with one attached hydrogen (secondary N) is 1. The first-order valence-corrected chi connectivity index (χ1v) is 11.5. The highest BCUT2D eigenvalue weighted by molar-refractivity contribution is 5.88. The molecule has 1 atom stereocenters. The first-order valence-electron chi connectivity index (χ1n) is 11.5. The maximum atomic E-state index is 13.8. The molecule has 0 unspecified atom stereocenters. The number of hydrogen-bond donors (Lipinski definition) is 1. The Balaban J connectivity index is 1.84. The number of fused-ring (bicyclic) bond motifs is 1. The molecule has 0 bridgehead atoms. The van der Waals surface area contributed by atoms with E-state index in [1.165, 1.54) is 0 Å². The predicted molar refractivity (Wildman–Crippen MR) is 130 cm³/mol. The topological polar surface area (TPSA) is 75.4 Å². The minimum atomic E-state index is -0.652. The quantitative estimate of drug-likeness (QED) is 0.500. The minimum Gasteiger partial charge on any atom is -0.464 e. The highest BCUT2D eigenvalue weighted by atomic mass is 16.3. The van der Waals surface area contributed by atoms with E-state index < -0.39 is 6.04 Å². The van der Waals surface area contributed by atoms with Crippen molar-refractivity contribution < 1.29 is 14.0 Å². The zero-order valence-corrected chi connectivity index (χ0v) is 20.3. The molecule has 176 valence electrons. The maximum absolute atomic E-state index is 13.8. The van der Waals surface area contributed by atoms with Crippen LogP contribution in [0.4, 0.5) is 0 Å². The summed E-state index contributed by atoms with van der Waals surface area (Å²) in [4.78, 5) is 32.6. The van der Waals surface area contributed by atoms with Crippen molar-refractivity contribution in [3.05, 3.63) is 66.2 Å². The summed E-state index contributed by atoms with van der Waals surface area (Å²) in [5.41, 5.74) is 2.60. The van der Waals surface area contributed by atoms with Crippen LogP contribution in [0.3, 0.4) is 0 Å². The van der Waals surface area contributed by atoms with Gasteiger partial charge in [-0.25, -0.2) is 0 Å². The van der Waals surface area contributed by atoms with Crippen LogP contribution < -0.4 is 5.32 Å². The lowest BCUT2D eigenvalue weighted by Gasteiger charge is -2.30. The molecule has 0 aliphatic heterocycles. The average Bonchev–Trinajstić information content (AvgIpc) is 3.19. The van der Waals surface area contributed by atoms with Crippen LogP contribution in [0.15, 0.2) is 59.5 Å². The molecule has 0 aliphatic carbocycles. The molecule has 0 saturated carbocycles. The SMILES string of the molecule is CC(C)CN(Cc1ccc2occc2c1)C(=O)[C@H](Cc1cccnc1)NC(=O)CC(C)(C)C. The Bertz CT molecular complexity index is 1070. The van der Waals surface area contributed by atoms with Gasteiger partial charge in [0.2, 0.25) is 11.8 Å². The van der Waals surface area contributed by atoms with Gasteiger partial charge in [-0.1, -0.05) is 46.8 Å². The first-order chi connectivity index (χ1) is 15.6. The number of benzene rings is 1. The van der Waals surface area contributed by atoms with Gasteiger partial charge in [0.25, 0.3) is 0 Å². The number of aromatic nitrogens is 1. The van der Waals surface area contributed by atoms with Gasteiger partial charge < -0.3 is 14.6 Å². The van der Waals surface area contributed by atoms with Crippen molar-refractivity contribution in [1.82, 2.24) is 15.2 Å². The highest BCUT2D eigenvalue weighted by Crippen LogP contribution is 2.21. The smallest absolute Gasteiger partial charge is 0.245 e. The van der Waals surface area contributed by atoms with Gasteiger partial charge >= 0.3 is 0 Å². The molecular weight excluding hydrogens is 414 g/mol. The van der Waals surface area contributed by atoms with E-state index in [0.717, 1.165) is 22.1 Å². The highest BCUT2D eigenvalue weighted by Gasteiger charge is 2.28. The molecule has 0 saturated heterocycles. The third-order valence-corrected chi connectivity index (χ3v) is 5.27. The fourth-order valence-electron chi connectivity index (χ4n) is 3.91. The second-order valence-electron chi connectivity index (χ2n) is 10.3. The molecule has 0 spiro atoms. The molecule has 6 heteroatoms. The normalized spacial score (nSPS) is 12.7. The van der Waals surface area contributed by atoms with Gasteiger partial charge in [-0.05, 0) is 46.7 Å². The van der Waals surface area contributed by atoms with E-state index in [-0.39, 0.29) is 23.1 Å². The summed E-state index contributed by atoms with van der Waals surface area (Å²) in [5.74, 6) is 0.0899. The number of nitrogens with zero attached hydrogens (tertiary/aromatic N) is 2. The Morgan fingerprint density at radius 1 is 1.12 bits per heavy atom. The number of rotatable bonds is 9. The molecule has 1 aromatic carbocycles. The molecule has 3 rings (SSSR count).